The van der Waals surface area contributed by atoms with Crippen molar-refractivity contribution in [3.05, 3.63) is 11.8 Å². The van der Waals surface area contributed by atoms with Crippen LogP contribution < -0.4 is 5.32 Å². The van der Waals surface area contributed by atoms with Crippen LogP contribution in [0.5, 0.6) is 0 Å². The zero-order chi connectivity index (χ0) is 14.6. The standard InChI is InChI=1S/C13H22N2O3S/c1-8(16)9(2)19-7-11(17)14-12-6-10(15-18-12)13(3,4)5/h6,8-9,16H,7H2,1-5H3,(H,14,17). The van der Waals surface area contributed by atoms with Gasteiger partial charge in [0, 0.05) is 16.7 Å². The Hall–Kier alpha value is -1.01. The van der Waals surface area contributed by atoms with Gasteiger partial charge in [0.1, 0.15) is 0 Å². The minimum atomic E-state index is -0.435. The van der Waals surface area contributed by atoms with Crippen LogP contribution in [0.2, 0.25) is 0 Å². The van der Waals surface area contributed by atoms with E-state index in [1.165, 1.54) is 11.8 Å². The smallest absolute Gasteiger partial charge is 0.236 e. The lowest BCUT2D eigenvalue weighted by Crippen LogP contribution is -2.20. The fourth-order valence-corrected chi connectivity index (χ4v) is 1.97. The van der Waals surface area contributed by atoms with Crippen molar-refractivity contribution >= 4 is 23.6 Å². The Morgan fingerprint density at radius 2 is 2.16 bits per heavy atom. The molecule has 1 rings (SSSR count). The molecule has 0 aromatic carbocycles. The molecule has 2 N–H and O–H groups in total. The maximum Gasteiger partial charge on any atom is 0.236 e. The molecule has 2 atom stereocenters. The first-order valence-electron chi connectivity index (χ1n) is 6.27. The highest BCUT2D eigenvalue weighted by Crippen LogP contribution is 2.23. The Labute approximate surface area is 118 Å². The fourth-order valence-electron chi connectivity index (χ4n) is 1.21. The SMILES string of the molecule is CC(O)C(C)SCC(=O)Nc1cc(C(C)(C)C)no1. The Kier molecular flexibility index (Phi) is 5.43. The summed E-state index contributed by atoms with van der Waals surface area (Å²) in [6.45, 7) is 9.67. The van der Waals surface area contributed by atoms with Gasteiger partial charge in [-0.1, -0.05) is 32.9 Å². The summed E-state index contributed by atoms with van der Waals surface area (Å²) in [7, 11) is 0. The van der Waals surface area contributed by atoms with Crippen molar-refractivity contribution in [1.82, 2.24) is 5.16 Å². The molecule has 0 aliphatic heterocycles. The predicted molar refractivity (Wildman–Crippen MR) is 77.4 cm³/mol. The minimum Gasteiger partial charge on any atom is -0.392 e. The van der Waals surface area contributed by atoms with Gasteiger partial charge in [-0.2, -0.15) is 0 Å². The Balaban J connectivity index is 2.47. The molecule has 0 radical (unpaired) electrons. The number of nitrogens with one attached hydrogen (secondary N) is 1. The molecule has 2 unspecified atom stereocenters. The molecule has 1 aromatic heterocycles. The molecule has 1 amide bonds. The van der Waals surface area contributed by atoms with Gasteiger partial charge in [0.25, 0.3) is 0 Å². The molecular formula is C13H22N2O3S. The monoisotopic (exact) mass is 286 g/mol. The molecular weight excluding hydrogens is 264 g/mol. The van der Waals surface area contributed by atoms with Crippen molar-refractivity contribution in [3.8, 4) is 0 Å². The van der Waals surface area contributed by atoms with E-state index in [1.807, 2.05) is 27.7 Å². The van der Waals surface area contributed by atoms with Crippen LogP contribution in [-0.4, -0.2) is 33.3 Å². The number of carbonyl (C=O) groups is 1. The highest BCUT2D eigenvalue weighted by molar-refractivity contribution is 8.00. The minimum absolute atomic E-state index is 0.0191. The van der Waals surface area contributed by atoms with E-state index in [-0.39, 0.29) is 22.3 Å². The molecule has 0 aliphatic carbocycles. The molecule has 0 aliphatic rings. The normalized spacial score (nSPS) is 15.1. The number of anilines is 1. The average molecular weight is 286 g/mol. The van der Waals surface area contributed by atoms with Crippen LogP contribution in [0.4, 0.5) is 5.88 Å². The first-order valence-corrected chi connectivity index (χ1v) is 7.31. The van der Waals surface area contributed by atoms with Gasteiger partial charge in [-0.25, -0.2) is 0 Å². The molecule has 6 heteroatoms. The Morgan fingerprint density at radius 3 is 2.63 bits per heavy atom. The number of aliphatic hydroxyl groups excluding tert-OH is 1. The van der Waals surface area contributed by atoms with E-state index >= 15 is 0 Å². The summed E-state index contributed by atoms with van der Waals surface area (Å²) in [5, 5.41) is 15.9. The molecule has 5 nitrogen and oxygen atoms in total. The summed E-state index contributed by atoms with van der Waals surface area (Å²) >= 11 is 1.40. The molecule has 0 saturated heterocycles. The molecule has 0 saturated carbocycles. The van der Waals surface area contributed by atoms with E-state index < -0.39 is 6.10 Å². The van der Waals surface area contributed by atoms with Crippen molar-refractivity contribution in [3.63, 3.8) is 0 Å². The lowest BCUT2D eigenvalue weighted by molar-refractivity contribution is -0.113. The zero-order valence-corrected chi connectivity index (χ0v) is 12.9. The highest BCUT2D eigenvalue weighted by atomic mass is 32.2. The van der Waals surface area contributed by atoms with Crippen LogP contribution in [0.15, 0.2) is 10.6 Å². The van der Waals surface area contributed by atoms with Crippen LogP contribution >= 0.6 is 11.8 Å². The molecule has 1 heterocycles. The summed E-state index contributed by atoms with van der Waals surface area (Å²) in [5.41, 5.74) is 0.690. The van der Waals surface area contributed by atoms with Gasteiger partial charge in [0.2, 0.25) is 11.8 Å². The number of aliphatic hydroxyl groups is 1. The number of thioether (sulfide) groups is 1. The number of hydrogen-bond donors (Lipinski definition) is 2. The third kappa shape index (κ3) is 5.24. The lowest BCUT2D eigenvalue weighted by Gasteiger charge is -2.13. The fraction of sp³-hybridized carbons (Fsp3) is 0.692. The van der Waals surface area contributed by atoms with Crippen LogP contribution in [0.1, 0.15) is 40.3 Å². The molecule has 19 heavy (non-hydrogen) atoms. The summed E-state index contributed by atoms with van der Waals surface area (Å²) in [6.07, 6.45) is -0.435. The van der Waals surface area contributed by atoms with Crippen LogP contribution in [-0.2, 0) is 10.2 Å². The number of rotatable bonds is 5. The predicted octanol–water partition coefficient (Wildman–Crippen LogP) is 2.41. The van der Waals surface area contributed by atoms with Gasteiger partial charge < -0.3 is 9.63 Å². The van der Waals surface area contributed by atoms with Crippen LogP contribution in [0.3, 0.4) is 0 Å². The Morgan fingerprint density at radius 1 is 1.53 bits per heavy atom. The average Bonchev–Trinajstić information content (AvgIpc) is 2.73. The van der Waals surface area contributed by atoms with E-state index in [9.17, 15) is 9.90 Å². The second kappa shape index (κ2) is 6.43. The summed E-state index contributed by atoms with van der Waals surface area (Å²) in [4.78, 5) is 11.7. The molecule has 108 valence electrons. The van der Waals surface area contributed by atoms with E-state index in [0.717, 1.165) is 5.69 Å². The molecule has 0 bridgehead atoms. The lowest BCUT2D eigenvalue weighted by atomic mass is 9.92. The van der Waals surface area contributed by atoms with E-state index in [4.69, 9.17) is 4.52 Å². The van der Waals surface area contributed by atoms with E-state index in [1.54, 1.807) is 13.0 Å². The van der Waals surface area contributed by atoms with Crippen molar-refractivity contribution < 1.29 is 14.4 Å². The van der Waals surface area contributed by atoms with Gasteiger partial charge in [-0.3, -0.25) is 10.1 Å². The number of amides is 1. The van der Waals surface area contributed by atoms with Crippen molar-refractivity contribution in [1.29, 1.82) is 0 Å². The van der Waals surface area contributed by atoms with E-state index in [2.05, 4.69) is 10.5 Å². The number of carbonyl (C=O) groups excluding carboxylic acids is 1. The molecule has 1 aromatic rings. The molecule has 0 spiro atoms. The first kappa shape index (κ1) is 16.0. The topological polar surface area (TPSA) is 75.4 Å². The summed E-state index contributed by atoms with van der Waals surface area (Å²) < 4.78 is 5.08. The number of nitrogens with zero attached hydrogens (tertiary/aromatic N) is 1. The number of aromatic nitrogens is 1. The maximum absolute atomic E-state index is 11.7. The van der Waals surface area contributed by atoms with Gasteiger partial charge >= 0.3 is 0 Å². The summed E-state index contributed by atoms with van der Waals surface area (Å²) in [5.74, 6) is 0.479. The quantitative estimate of drug-likeness (QED) is 0.869. The highest BCUT2D eigenvalue weighted by Gasteiger charge is 2.20. The zero-order valence-electron chi connectivity index (χ0n) is 12.1. The van der Waals surface area contributed by atoms with E-state index in [0.29, 0.717) is 5.88 Å². The maximum atomic E-state index is 11.7. The van der Waals surface area contributed by atoms with Gasteiger partial charge in [0.05, 0.1) is 17.6 Å². The first-order chi connectivity index (χ1) is 8.70. The largest absolute Gasteiger partial charge is 0.392 e. The van der Waals surface area contributed by atoms with Crippen LogP contribution in [0, 0.1) is 0 Å². The van der Waals surface area contributed by atoms with Gasteiger partial charge in [-0.15, -0.1) is 11.8 Å². The van der Waals surface area contributed by atoms with Crippen molar-refractivity contribution in [2.45, 2.75) is 51.4 Å². The van der Waals surface area contributed by atoms with Gasteiger partial charge in [0.15, 0.2) is 0 Å². The number of hydrogen-bond acceptors (Lipinski definition) is 5. The second-order valence-corrected chi connectivity index (χ2v) is 7.00. The third-order valence-electron chi connectivity index (χ3n) is 2.70. The van der Waals surface area contributed by atoms with Gasteiger partial charge in [-0.05, 0) is 6.92 Å². The molecule has 0 fully saturated rings. The van der Waals surface area contributed by atoms with Crippen molar-refractivity contribution in [2.24, 2.45) is 0 Å². The Bertz CT molecular complexity index is 424. The van der Waals surface area contributed by atoms with Crippen LogP contribution in [0.25, 0.3) is 0 Å². The third-order valence-corrected chi connectivity index (χ3v) is 4.05. The summed E-state index contributed by atoms with van der Waals surface area (Å²) in [6, 6.07) is 1.74. The van der Waals surface area contributed by atoms with Crippen molar-refractivity contribution in [2.75, 3.05) is 11.1 Å². The second-order valence-electron chi connectivity index (χ2n) is 5.63.